The topological polar surface area (TPSA) is 61.8 Å². The van der Waals surface area contributed by atoms with Crippen LogP contribution in [0, 0.1) is 0 Å². The Kier molecular flexibility index (Phi) is 18.4. The Bertz CT molecular complexity index is 404. The minimum Gasteiger partial charge on any atom is -0.465 e. The fourth-order valence-corrected chi connectivity index (χ4v) is 5.39. The first-order valence-corrected chi connectivity index (χ1v) is 13.2. The molecule has 0 saturated carbocycles. The van der Waals surface area contributed by atoms with E-state index in [9.17, 15) is 9.36 Å². The van der Waals surface area contributed by atoms with Gasteiger partial charge in [0.15, 0.2) is 5.66 Å². The molecular formula is C22H45O5P. The van der Waals surface area contributed by atoms with Crippen molar-refractivity contribution < 1.29 is 23.1 Å². The number of hydrogen-bond donors (Lipinski definition) is 0. The third kappa shape index (κ3) is 13.0. The number of ether oxygens (including phenoxy) is 1. The summed E-state index contributed by atoms with van der Waals surface area (Å²) in [6.45, 7) is 8.31. The third-order valence-electron chi connectivity index (χ3n) is 4.89. The van der Waals surface area contributed by atoms with Gasteiger partial charge in [-0.3, -0.25) is 9.36 Å². The van der Waals surface area contributed by atoms with Crippen LogP contribution in [0.4, 0.5) is 0 Å². The second-order valence-corrected chi connectivity index (χ2v) is 9.54. The van der Waals surface area contributed by atoms with Gasteiger partial charge in [-0.2, -0.15) is 0 Å². The molecular weight excluding hydrogens is 375 g/mol. The summed E-state index contributed by atoms with van der Waals surface area (Å²) < 4.78 is 28.9. The number of hydrogen-bond acceptors (Lipinski definition) is 5. The molecule has 0 spiro atoms. The van der Waals surface area contributed by atoms with Crippen LogP contribution >= 0.6 is 7.60 Å². The standard InChI is InChI=1S/C22H45O5P/c1-5-9-10-11-12-13-14-15-16-17-18-19-20-21(22(23)25-6-2)28(24,26-7-3)27-8-4/h21H,5-20H2,1-4H3/t21-/m0/s1. The molecule has 5 nitrogen and oxygen atoms in total. The predicted molar refractivity (Wildman–Crippen MR) is 117 cm³/mol. The van der Waals surface area contributed by atoms with Crippen LogP contribution in [0.25, 0.3) is 0 Å². The van der Waals surface area contributed by atoms with Crippen LogP contribution in [0.2, 0.25) is 0 Å². The molecule has 0 aliphatic heterocycles. The number of esters is 1. The Balaban J connectivity index is 4.12. The Morgan fingerprint density at radius 3 is 1.50 bits per heavy atom. The number of carbonyl (C=O) groups excluding carboxylic acids is 1. The van der Waals surface area contributed by atoms with Crippen LogP contribution in [0.5, 0.6) is 0 Å². The van der Waals surface area contributed by atoms with Crippen molar-refractivity contribution in [1.29, 1.82) is 0 Å². The van der Waals surface area contributed by atoms with Crippen molar-refractivity contribution in [2.75, 3.05) is 19.8 Å². The van der Waals surface area contributed by atoms with E-state index in [1.807, 2.05) is 0 Å². The maximum atomic E-state index is 13.0. The summed E-state index contributed by atoms with van der Waals surface area (Å²) in [7, 11) is -3.47. The zero-order valence-electron chi connectivity index (χ0n) is 18.9. The molecule has 0 saturated heterocycles. The molecule has 0 amide bonds. The van der Waals surface area contributed by atoms with Crippen LogP contribution < -0.4 is 0 Å². The van der Waals surface area contributed by atoms with E-state index in [1.165, 1.54) is 57.8 Å². The molecule has 0 rings (SSSR count). The highest BCUT2D eigenvalue weighted by Crippen LogP contribution is 2.55. The molecule has 0 radical (unpaired) electrons. The largest absolute Gasteiger partial charge is 0.465 e. The Morgan fingerprint density at radius 2 is 1.11 bits per heavy atom. The molecule has 0 aliphatic rings. The average molecular weight is 421 g/mol. The molecule has 0 aromatic carbocycles. The smallest absolute Gasteiger partial charge is 0.344 e. The fraction of sp³-hybridized carbons (Fsp3) is 0.955. The molecule has 0 N–H and O–H groups in total. The molecule has 1 atom stereocenters. The van der Waals surface area contributed by atoms with Gasteiger partial charge in [-0.05, 0) is 27.2 Å². The van der Waals surface area contributed by atoms with Crippen LogP contribution in [-0.4, -0.2) is 31.4 Å². The number of carbonyl (C=O) groups is 1. The van der Waals surface area contributed by atoms with Gasteiger partial charge in [0.25, 0.3) is 0 Å². The van der Waals surface area contributed by atoms with Crippen molar-refractivity contribution in [2.45, 2.75) is 117 Å². The molecule has 168 valence electrons. The molecule has 0 fully saturated rings. The van der Waals surface area contributed by atoms with E-state index in [0.717, 1.165) is 19.3 Å². The van der Waals surface area contributed by atoms with Crippen molar-refractivity contribution in [2.24, 2.45) is 0 Å². The van der Waals surface area contributed by atoms with Gasteiger partial charge < -0.3 is 13.8 Å². The van der Waals surface area contributed by atoms with Gasteiger partial charge in [0.1, 0.15) is 0 Å². The number of unbranched alkanes of at least 4 members (excludes halogenated alkanes) is 11. The van der Waals surface area contributed by atoms with E-state index < -0.39 is 19.2 Å². The highest BCUT2D eigenvalue weighted by molar-refractivity contribution is 7.55. The second-order valence-electron chi connectivity index (χ2n) is 7.32. The highest BCUT2D eigenvalue weighted by atomic mass is 31.2. The van der Waals surface area contributed by atoms with Crippen molar-refractivity contribution in [1.82, 2.24) is 0 Å². The fourth-order valence-electron chi connectivity index (χ4n) is 3.40. The summed E-state index contributed by atoms with van der Waals surface area (Å²) in [5.41, 5.74) is -0.810. The SMILES string of the molecule is CCCCCCCCCCCCCC[C@@H](C(=O)OCC)P(=O)(OCC)OCC. The Hall–Kier alpha value is -0.380. The first-order chi connectivity index (χ1) is 13.6. The second kappa shape index (κ2) is 18.6. The summed E-state index contributed by atoms with van der Waals surface area (Å²) in [5, 5.41) is 0. The zero-order valence-corrected chi connectivity index (χ0v) is 19.8. The lowest BCUT2D eigenvalue weighted by Crippen LogP contribution is -2.26. The zero-order chi connectivity index (χ0) is 21.1. The molecule has 6 heteroatoms. The van der Waals surface area contributed by atoms with Crippen molar-refractivity contribution in [3.8, 4) is 0 Å². The Labute approximate surface area is 173 Å². The minimum absolute atomic E-state index is 0.256. The summed E-state index contributed by atoms with van der Waals surface area (Å²) in [6.07, 6.45) is 15.5. The van der Waals surface area contributed by atoms with E-state index in [-0.39, 0.29) is 19.8 Å². The van der Waals surface area contributed by atoms with E-state index in [1.54, 1.807) is 20.8 Å². The number of rotatable bonds is 20. The third-order valence-corrected chi connectivity index (χ3v) is 7.36. The molecule has 0 aromatic heterocycles. The van der Waals surface area contributed by atoms with Gasteiger partial charge in [0.2, 0.25) is 0 Å². The quantitative estimate of drug-likeness (QED) is 0.118. The summed E-state index contributed by atoms with van der Waals surface area (Å²) in [5.74, 6) is -0.462. The molecule has 0 heterocycles. The highest BCUT2D eigenvalue weighted by Gasteiger charge is 2.41. The lowest BCUT2D eigenvalue weighted by atomic mass is 10.0. The minimum atomic E-state index is -3.47. The van der Waals surface area contributed by atoms with Gasteiger partial charge in [-0.15, -0.1) is 0 Å². The first-order valence-electron chi connectivity index (χ1n) is 11.6. The van der Waals surface area contributed by atoms with E-state index in [4.69, 9.17) is 13.8 Å². The van der Waals surface area contributed by atoms with Crippen LogP contribution in [0.15, 0.2) is 0 Å². The van der Waals surface area contributed by atoms with Gasteiger partial charge in [-0.25, -0.2) is 0 Å². The monoisotopic (exact) mass is 420 g/mol. The van der Waals surface area contributed by atoms with Gasteiger partial charge in [0.05, 0.1) is 19.8 Å². The van der Waals surface area contributed by atoms with E-state index in [2.05, 4.69) is 6.92 Å². The van der Waals surface area contributed by atoms with E-state index >= 15 is 0 Å². The maximum Gasteiger partial charge on any atom is 0.344 e. The van der Waals surface area contributed by atoms with Gasteiger partial charge in [-0.1, -0.05) is 84.0 Å². The maximum absolute atomic E-state index is 13.0. The van der Waals surface area contributed by atoms with E-state index in [0.29, 0.717) is 6.42 Å². The lowest BCUT2D eigenvalue weighted by molar-refractivity contribution is -0.143. The summed E-state index contributed by atoms with van der Waals surface area (Å²) >= 11 is 0. The lowest BCUT2D eigenvalue weighted by Gasteiger charge is -2.24. The van der Waals surface area contributed by atoms with Gasteiger partial charge >= 0.3 is 13.6 Å². The molecule has 0 aliphatic carbocycles. The molecule has 0 bridgehead atoms. The van der Waals surface area contributed by atoms with Crippen LogP contribution in [-0.2, 0) is 23.1 Å². The van der Waals surface area contributed by atoms with Crippen molar-refractivity contribution >= 4 is 13.6 Å². The van der Waals surface area contributed by atoms with Gasteiger partial charge in [0, 0.05) is 0 Å². The van der Waals surface area contributed by atoms with Crippen molar-refractivity contribution in [3.63, 3.8) is 0 Å². The van der Waals surface area contributed by atoms with Crippen molar-refractivity contribution in [3.05, 3.63) is 0 Å². The van der Waals surface area contributed by atoms with Crippen LogP contribution in [0.1, 0.15) is 111 Å². The Morgan fingerprint density at radius 1 is 0.679 bits per heavy atom. The van der Waals surface area contributed by atoms with Crippen LogP contribution in [0.3, 0.4) is 0 Å². The summed E-state index contributed by atoms with van der Waals surface area (Å²) in [6, 6.07) is 0. The predicted octanol–water partition coefficient (Wildman–Crippen LogP) is 7.28. The molecule has 28 heavy (non-hydrogen) atoms. The average Bonchev–Trinajstić information content (AvgIpc) is 2.66. The normalized spacial score (nSPS) is 12.9. The molecule has 0 aromatic rings. The summed E-state index contributed by atoms with van der Waals surface area (Å²) in [4.78, 5) is 12.3. The first kappa shape index (κ1) is 27.6. The molecule has 0 unspecified atom stereocenters.